The van der Waals surface area contributed by atoms with Gasteiger partial charge in [0.15, 0.2) is 5.11 Å². The highest BCUT2D eigenvalue weighted by molar-refractivity contribution is 7.80. The highest BCUT2D eigenvalue weighted by Crippen LogP contribution is 2.40. The molecule has 0 saturated carbocycles. The zero-order chi connectivity index (χ0) is 22.0. The monoisotopic (exact) mass is 444 g/mol. The maximum absolute atomic E-state index is 13.3. The summed E-state index contributed by atoms with van der Waals surface area (Å²) < 4.78 is 41.7. The van der Waals surface area contributed by atoms with E-state index in [9.17, 15) is 13.2 Å². The molecule has 1 fully saturated rings. The maximum atomic E-state index is 13.3. The number of hydrogen-bond donors (Lipinski definition) is 1. The molecule has 0 aliphatic carbocycles. The number of hydrogen-bond acceptors (Lipinski definition) is 2. The van der Waals surface area contributed by atoms with Gasteiger partial charge in [-0.25, -0.2) is 0 Å². The van der Waals surface area contributed by atoms with Crippen LogP contribution in [0.4, 0.5) is 13.2 Å². The number of aromatic nitrogens is 2. The van der Waals surface area contributed by atoms with Gasteiger partial charge in [-0.1, -0.05) is 25.5 Å². The zero-order valence-corrected chi connectivity index (χ0v) is 17.8. The number of rotatable bonds is 6. The van der Waals surface area contributed by atoms with E-state index in [1.54, 1.807) is 18.5 Å². The van der Waals surface area contributed by atoms with Gasteiger partial charge in [0.1, 0.15) is 0 Å². The summed E-state index contributed by atoms with van der Waals surface area (Å²) in [5.74, 6) is 0. The van der Waals surface area contributed by atoms with E-state index in [2.05, 4.69) is 22.1 Å². The number of alkyl halides is 3. The van der Waals surface area contributed by atoms with Gasteiger partial charge in [-0.2, -0.15) is 13.2 Å². The van der Waals surface area contributed by atoms with Gasteiger partial charge in [-0.3, -0.25) is 4.98 Å². The molecule has 162 valence electrons. The van der Waals surface area contributed by atoms with Crippen LogP contribution in [0.15, 0.2) is 67.0 Å². The van der Waals surface area contributed by atoms with Gasteiger partial charge in [0.25, 0.3) is 0 Å². The lowest BCUT2D eigenvalue weighted by molar-refractivity contribution is -0.137. The van der Waals surface area contributed by atoms with Crippen molar-refractivity contribution in [2.75, 3.05) is 6.54 Å². The minimum Gasteiger partial charge on any atom is -0.352 e. The van der Waals surface area contributed by atoms with Gasteiger partial charge >= 0.3 is 6.18 Å². The van der Waals surface area contributed by atoms with E-state index in [4.69, 9.17) is 12.2 Å². The summed E-state index contributed by atoms with van der Waals surface area (Å²) in [6, 6.07) is 14.5. The standard InChI is InChI=1S/C23H23F3N4S/c1-2-3-13-30-21(20(28-22(30)31)18-10-4-5-12-27-18)19-11-7-14-29(19)17-9-6-8-16(15-17)23(24,25)26/h4-12,14-15,20-21H,2-3,13H2,1H3,(H,28,31)/t20-,21-/m0/s1. The lowest BCUT2D eigenvalue weighted by atomic mass is 10.0. The zero-order valence-electron chi connectivity index (χ0n) is 17.0. The van der Waals surface area contributed by atoms with Crippen LogP contribution in [0.1, 0.15) is 48.8 Å². The molecule has 2 atom stereocenters. The van der Waals surface area contributed by atoms with Crippen LogP contribution in [0.3, 0.4) is 0 Å². The molecule has 0 radical (unpaired) electrons. The SMILES string of the molecule is CCCCN1C(=S)N[C@@H](c2ccccn2)[C@@H]1c1cccn1-c1cccc(C(F)(F)F)c1. The van der Waals surface area contributed by atoms with E-state index in [0.29, 0.717) is 10.8 Å². The van der Waals surface area contributed by atoms with Gasteiger partial charge in [0, 0.05) is 30.3 Å². The fourth-order valence-corrected chi connectivity index (χ4v) is 4.33. The Labute approximate surface area is 184 Å². The molecule has 0 unspecified atom stereocenters. The number of unbranched alkanes of at least 4 members (excludes halogenated alkanes) is 1. The van der Waals surface area contributed by atoms with Gasteiger partial charge in [0.05, 0.1) is 23.3 Å². The largest absolute Gasteiger partial charge is 0.416 e. The summed E-state index contributed by atoms with van der Waals surface area (Å²) in [5.41, 5.74) is 1.49. The van der Waals surface area contributed by atoms with Crippen LogP contribution in [0.5, 0.6) is 0 Å². The Balaban J connectivity index is 1.79. The van der Waals surface area contributed by atoms with Crippen molar-refractivity contribution in [2.24, 2.45) is 0 Å². The highest BCUT2D eigenvalue weighted by atomic mass is 32.1. The highest BCUT2D eigenvalue weighted by Gasteiger charge is 2.41. The van der Waals surface area contributed by atoms with Crippen molar-refractivity contribution in [1.29, 1.82) is 0 Å². The second-order valence-corrected chi connectivity index (χ2v) is 7.91. The van der Waals surface area contributed by atoms with E-state index in [0.717, 1.165) is 36.8 Å². The molecule has 0 spiro atoms. The van der Waals surface area contributed by atoms with Crippen LogP contribution in [0.25, 0.3) is 5.69 Å². The average Bonchev–Trinajstić information content (AvgIpc) is 3.36. The first kappa shape index (κ1) is 21.4. The van der Waals surface area contributed by atoms with Crippen LogP contribution in [0.2, 0.25) is 0 Å². The lowest BCUT2D eigenvalue weighted by Crippen LogP contribution is -2.31. The van der Waals surface area contributed by atoms with Crippen LogP contribution < -0.4 is 5.32 Å². The second kappa shape index (κ2) is 8.70. The fraction of sp³-hybridized carbons (Fsp3) is 0.304. The first-order valence-electron chi connectivity index (χ1n) is 10.2. The summed E-state index contributed by atoms with van der Waals surface area (Å²) in [6.07, 6.45) is 1.09. The molecule has 2 aromatic heterocycles. The van der Waals surface area contributed by atoms with Crippen molar-refractivity contribution >= 4 is 17.3 Å². The van der Waals surface area contributed by atoms with E-state index in [-0.39, 0.29) is 12.1 Å². The second-order valence-electron chi connectivity index (χ2n) is 7.52. The van der Waals surface area contributed by atoms with Gasteiger partial charge in [0.2, 0.25) is 0 Å². The average molecular weight is 445 g/mol. The third kappa shape index (κ3) is 4.30. The molecular weight excluding hydrogens is 421 g/mol. The van der Waals surface area contributed by atoms with Crippen molar-refractivity contribution < 1.29 is 13.2 Å². The van der Waals surface area contributed by atoms with Crippen molar-refractivity contribution in [1.82, 2.24) is 19.8 Å². The van der Waals surface area contributed by atoms with Gasteiger partial charge in [-0.05, 0) is 61.1 Å². The molecule has 31 heavy (non-hydrogen) atoms. The molecule has 8 heteroatoms. The van der Waals surface area contributed by atoms with Crippen LogP contribution >= 0.6 is 12.2 Å². The van der Waals surface area contributed by atoms with Gasteiger partial charge < -0.3 is 14.8 Å². The van der Waals surface area contributed by atoms with E-state index < -0.39 is 11.7 Å². The Hall–Kier alpha value is -2.87. The third-order valence-electron chi connectivity index (χ3n) is 5.49. The Kier molecular flexibility index (Phi) is 6.00. The van der Waals surface area contributed by atoms with Crippen molar-refractivity contribution in [3.63, 3.8) is 0 Å². The van der Waals surface area contributed by atoms with Crippen molar-refractivity contribution in [3.05, 3.63) is 83.9 Å². The van der Waals surface area contributed by atoms with Gasteiger partial charge in [-0.15, -0.1) is 0 Å². The molecule has 1 saturated heterocycles. The van der Waals surface area contributed by atoms with Crippen molar-refractivity contribution in [3.8, 4) is 5.69 Å². The summed E-state index contributed by atoms with van der Waals surface area (Å²) in [6.45, 7) is 2.87. The Morgan fingerprint density at radius 2 is 1.94 bits per heavy atom. The van der Waals surface area contributed by atoms with Crippen LogP contribution in [-0.2, 0) is 6.18 Å². The molecule has 1 aromatic carbocycles. The molecule has 0 amide bonds. The number of benzene rings is 1. The molecule has 1 N–H and O–H groups in total. The predicted molar refractivity (Wildman–Crippen MR) is 118 cm³/mol. The Morgan fingerprint density at radius 1 is 1.10 bits per heavy atom. The number of pyridine rings is 1. The number of thiocarbonyl (C=S) groups is 1. The van der Waals surface area contributed by atoms with Crippen LogP contribution in [-0.4, -0.2) is 26.1 Å². The molecule has 4 rings (SSSR count). The van der Waals surface area contributed by atoms with E-state index in [1.807, 2.05) is 34.9 Å². The van der Waals surface area contributed by atoms with Crippen LogP contribution in [0, 0.1) is 0 Å². The number of nitrogens with zero attached hydrogens (tertiary/aromatic N) is 3. The summed E-state index contributed by atoms with van der Waals surface area (Å²) >= 11 is 5.64. The molecular formula is C23H23F3N4S. The Bertz CT molecular complexity index is 1050. The first-order valence-corrected chi connectivity index (χ1v) is 10.6. The maximum Gasteiger partial charge on any atom is 0.416 e. The summed E-state index contributed by atoms with van der Waals surface area (Å²) in [7, 11) is 0. The van der Waals surface area contributed by atoms with E-state index in [1.165, 1.54) is 12.1 Å². The fourth-order valence-electron chi connectivity index (χ4n) is 4.00. The molecule has 3 heterocycles. The molecule has 1 aliphatic rings. The Morgan fingerprint density at radius 3 is 2.65 bits per heavy atom. The normalized spacial score (nSPS) is 19.0. The minimum atomic E-state index is -4.40. The smallest absolute Gasteiger partial charge is 0.352 e. The minimum absolute atomic E-state index is 0.196. The molecule has 0 bridgehead atoms. The first-order chi connectivity index (χ1) is 14.9. The summed E-state index contributed by atoms with van der Waals surface area (Å²) in [5, 5.41) is 4.01. The quantitative estimate of drug-likeness (QED) is 0.497. The molecule has 4 nitrogen and oxygen atoms in total. The molecule has 1 aliphatic heterocycles. The predicted octanol–water partition coefficient (Wildman–Crippen LogP) is 5.66. The topological polar surface area (TPSA) is 33.1 Å². The summed E-state index contributed by atoms with van der Waals surface area (Å²) in [4.78, 5) is 6.63. The van der Waals surface area contributed by atoms with E-state index >= 15 is 0 Å². The molecule has 3 aromatic rings. The third-order valence-corrected chi connectivity index (χ3v) is 5.84. The number of halogens is 3. The lowest BCUT2D eigenvalue weighted by Gasteiger charge is -2.29. The number of nitrogens with one attached hydrogen (secondary N) is 1. The van der Waals surface area contributed by atoms with Crippen molar-refractivity contribution in [2.45, 2.75) is 38.0 Å².